The Hall–Kier alpha value is -16.0. The Morgan fingerprint density at radius 2 is 0.317 bits per heavy atom. The molecule has 0 N–H and O–H groups in total. The van der Waals surface area contributed by atoms with E-state index in [1.807, 2.05) is 0 Å². The molecule has 139 heavy (non-hydrogen) atoms. The van der Waals surface area contributed by atoms with Crippen molar-refractivity contribution in [2.75, 3.05) is 9.80 Å². The SMILES string of the molecule is Brc1cc(Br)cc(-p2c3ccc(-c4ccccc4)cc3c3cc(-c4ccccc4)ccc32)c1.c1ccc(-c2ccc(Cc3ccc(-c4ccccc4)cc3)cc2)cc1.c1ccc(-c2ccc(N(c3ccc(-c4ccccc4)cc3)c3cc(N(c4ccc(-c5ccccc5)cc4)c4ccc(-c5ccccc5)cc4)cc(-p4c5ccc(-c6ccccc6)cc5c5cc(-c6ccccc6)ccc54)c3)cc2)cc1. The van der Waals surface area contributed by atoms with Crippen molar-refractivity contribution in [3.05, 3.63) is 578 Å². The maximum atomic E-state index is 3.70. The molecule has 0 amide bonds. The molecule has 2 nitrogen and oxygen atoms in total. The average molecular weight is 1940 g/mol. The molecule has 0 radical (unpaired) electrons. The van der Waals surface area contributed by atoms with E-state index in [9.17, 15) is 0 Å². The van der Waals surface area contributed by atoms with E-state index < -0.39 is 15.1 Å². The van der Waals surface area contributed by atoms with Crippen LogP contribution in [0.1, 0.15) is 11.1 Å². The van der Waals surface area contributed by atoms with Gasteiger partial charge in [-0.2, -0.15) is 0 Å². The molecule has 6 heteroatoms. The molecule has 22 aromatic carbocycles. The molecule has 660 valence electrons. The van der Waals surface area contributed by atoms with Gasteiger partial charge in [0.15, 0.2) is 0 Å². The highest BCUT2D eigenvalue weighted by atomic mass is 79.9. The van der Waals surface area contributed by atoms with Crippen LogP contribution in [0.15, 0.2) is 567 Å². The predicted octanol–water partition coefficient (Wildman–Crippen LogP) is 40.3. The number of hydrogen-bond donors (Lipinski definition) is 0. The molecule has 0 aliphatic heterocycles. The fourth-order valence-corrected chi connectivity index (χ4v) is 26.2. The lowest BCUT2D eigenvalue weighted by Gasteiger charge is -2.31. The first kappa shape index (κ1) is 88.3. The van der Waals surface area contributed by atoms with Crippen molar-refractivity contribution in [3.8, 4) is 122 Å². The summed E-state index contributed by atoms with van der Waals surface area (Å²) in [7, 11) is -1.71. The third-order valence-corrected chi connectivity index (χ3v) is 32.1. The molecule has 0 saturated carbocycles. The Labute approximate surface area is 832 Å². The Balaban J connectivity index is 0.000000155. The molecule has 2 aromatic heterocycles. The van der Waals surface area contributed by atoms with Crippen molar-refractivity contribution < 1.29 is 0 Å². The Kier molecular flexibility index (Phi) is 26.0. The van der Waals surface area contributed by atoms with Gasteiger partial charge in [0.2, 0.25) is 0 Å². The van der Waals surface area contributed by atoms with E-state index in [0.717, 1.165) is 49.5 Å². The Morgan fingerprint density at radius 3 is 0.525 bits per heavy atom. The molecule has 24 rings (SSSR count). The minimum absolute atomic E-state index is 0.627. The summed E-state index contributed by atoms with van der Waals surface area (Å²) in [4.78, 5) is 4.91. The number of anilines is 6. The van der Waals surface area contributed by atoms with Crippen molar-refractivity contribution >= 4 is 123 Å². The quantitative estimate of drug-likeness (QED) is 0.0750. The number of fused-ring (bicyclic) bond motifs is 6. The van der Waals surface area contributed by atoms with Crippen LogP contribution in [0.25, 0.3) is 164 Å². The summed E-state index contributed by atoms with van der Waals surface area (Å²) in [6.45, 7) is 0. The van der Waals surface area contributed by atoms with Gasteiger partial charge in [-0.3, -0.25) is 0 Å². The largest absolute Gasteiger partial charge is 0.310 e. The number of nitrogens with zero attached hydrogens (tertiary/aromatic N) is 2. The minimum Gasteiger partial charge on any atom is -0.310 e. The number of halogens is 2. The topological polar surface area (TPSA) is 6.48 Å². The maximum Gasteiger partial charge on any atom is 0.0491 e. The average Bonchev–Trinajstić information content (AvgIpc) is 1.56. The molecule has 0 aliphatic carbocycles. The van der Waals surface area contributed by atoms with Crippen molar-refractivity contribution in [1.29, 1.82) is 0 Å². The zero-order chi connectivity index (χ0) is 93.2. The highest BCUT2D eigenvalue weighted by Crippen LogP contribution is 2.60. The summed E-state index contributed by atoms with van der Waals surface area (Å²) in [5.41, 5.74) is 33.4. The van der Waals surface area contributed by atoms with Gasteiger partial charge in [0, 0.05) is 74.2 Å². The normalized spacial score (nSPS) is 11.1. The molecule has 0 unspecified atom stereocenters. The van der Waals surface area contributed by atoms with Crippen LogP contribution in [0.3, 0.4) is 0 Å². The summed E-state index contributed by atoms with van der Waals surface area (Å²) in [6, 6.07) is 203. The first-order valence-corrected chi connectivity index (χ1v) is 51.5. The molecule has 0 spiro atoms. The van der Waals surface area contributed by atoms with E-state index in [2.05, 4.69) is 600 Å². The smallest absolute Gasteiger partial charge is 0.0491 e. The van der Waals surface area contributed by atoms with Crippen molar-refractivity contribution in [2.24, 2.45) is 0 Å². The van der Waals surface area contributed by atoms with Gasteiger partial charge in [0.05, 0.1) is 0 Å². The second-order valence-corrected chi connectivity index (χ2v) is 41.2. The predicted molar refractivity (Wildman–Crippen MR) is 606 cm³/mol. The summed E-state index contributed by atoms with van der Waals surface area (Å²) < 4.78 is 2.21. The summed E-state index contributed by atoms with van der Waals surface area (Å²) in [6.07, 6.45) is 0.962. The van der Waals surface area contributed by atoms with Gasteiger partial charge in [-0.15, -0.1) is 0 Å². The first-order chi connectivity index (χ1) is 68.7. The fraction of sp³-hybridized carbons (Fsp3) is 0.00752. The van der Waals surface area contributed by atoms with Crippen LogP contribution in [0.4, 0.5) is 34.1 Å². The third kappa shape index (κ3) is 19.5. The lowest BCUT2D eigenvalue weighted by Crippen LogP contribution is -2.13. The van der Waals surface area contributed by atoms with E-state index in [1.54, 1.807) is 0 Å². The molecule has 0 saturated heterocycles. The Morgan fingerprint density at radius 1 is 0.144 bits per heavy atom. The zero-order valence-electron chi connectivity index (χ0n) is 76.4. The van der Waals surface area contributed by atoms with Gasteiger partial charge in [0.1, 0.15) is 0 Å². The molecular formula is C133H94Br2N2P2. The number of benzene rings is 22. The fourth-order valence-electron chi connectivity index (χ4n) is 19.2. The van der Waals surface area contributed by atoms with Crippen molar-refractivity contribution in [2.45, 2.75) is 6.42 Å². The van der Waals surface area contributed by atoms with E-state index in [-0.39, 0.29) is 0 Å². The van der Waals surface area contributed by atoms with Crippen LogP contribution >= 0.6 is 46.9 Å². The van der Waals surface area contributed by atoms with Crippen LogP contribution < -0.4 is 9.80 Å². The standard InChI is InChI=1S/C78H55N2P.C30H19Br2P.C25H20/c1-7-19-56(20-8-1)62-31-41-68(42-32-62)79(69-43-33-63(34-44-69)57-21-9-2-10-22-57)72-53-73(80(70-45-35-64(36-46-70)58-23-11-3-12-24-58)71-47-37-65(38-48-71)59-25-13-4-14-26-59)55-74(54-72)81-77-49-39-66(60-27-15-5-16-28-60)51-75(77)76-52-67(40-50-78(76)81)61-29-17-6-18-30-61;31-24-17-25(32)19-26(18-24)33-29-13-11-22(20-7-3-1-4-8-20)15-27(29)28-16-23(12-14-30(28)33)21-9-5-2-6-10-21;1-3-7-22(8-4-1)24-15-11-20(12-16-24)19-21-13-17-25(18-14-21)23-9-5-2-6-10-23/h1-55H;1-19H;1-18H,19H2. The molecule has 0 fully saturated rings. The second-order valence-electron chi connectivity index (χ2n) is 35.0. The molecule has 24 aromatic rings. The van der Waals surface area contributed by atoms with Crippen molar-refractivity contribution in [1.82, 2.24) is 0 Å². The van der Waals surface area contributed by atoms with Crippen LogP contribution in [-0.2, 0) is 6.42 Å². The summed E-state index contributed by atoms with van der Waals surface area (Å²) >= 11 is 7.41. The lowest BCUT2D eigenvalue weighted by atomic mass is 9.98. The second kappa shape index (κ2) is 40.9. The summed E-state index contributed by atoms with van der Waals surface area (Å²) in [5.74, 6) is 0. The monoisotopic (exact) mass is 1940 g/mol. The molecule has 2 heterocycles. The molecule has 0 aliphatic rings. The van der Waals surface area contributed by atoms with E-state index in [4.69, 9.17) is 0 Å². The Bertz CT molecular complexity index is 7700. The number of rotatable bonds is 20. The minimum atomic E-state index is -1.09. The van der Waals surface area contributed by atoms with Gasteiger partial charge < -0.3 is 9.80 Å². The van der Waals surface area contributed by atoms with Crippen LogP contribution in [-0.4, -0.2) is 0 Å². The van der Waals surface area contributed by atoms with E-state index in [1.165, 1.54) is 175 Å². The maximum absolute atomic E-state index is 3.70. The summed E-state index contributed by atoms with van der Waals surface area (Å²) in [5, 5.41) is 13.5. The van der Waals surface area contributed by atoms with Gasteiger partial charge in [-0.25, -0.2) is 0 Å². The van der Waals surface area contributed by atoms with Gasteiger partial charge in [-0.05, 0) is 284 Å². The van der Waals surface area contributed by atoms with E-state index >= 15 is 0 Å². The first-order valence-electron chi connectivity index (χ1n) is 47.2. The van der Waals surface area contributed by atoms with Gasteiger partial charge >= 0.3 is 0 Å². The number of hydrogen-bond acceptors (Lipinski definition) is 2. The van der Waals surface area contributed by atoms with Gasteiger partial charge in [-0.1, -0.05) is 472 Å². The highest BCUT2D eigenvalue weighted by molar-refractivity contribution is 9.11. The van der Waals surface area contributed by atoms with Crippen LogP contribution in [0, 0.1) is 0 Å². The third-order valence-electron chi connectivity index (χ3n) is 26.2. The lowest BCUT2D eigenvalue weighted by molar-refractivity contribution is 1.19. The van der Waals surface area contributed by atoms with E-state index in [0.29, 0.717) is 0 Å². The van der Waals surface area contributed by atoms with Crippen molar-refractivity contribution in [3.63, 3.8) is 0 Å². The molecule has 0 atom stereocenters. The molecular weight excluding hydrogens is 1850 g/mol. The highest BCUT2D eigenvalue weighted by Gasteiger charge is 2.25. The zero-order valence-corrected chi connectivity index (χ0v) is 81.3. The van der Waals surface area contributed by atoms with Crippen LogP contribution in [0.2, 0.25) is 0 Å². The van der Waals surface area contributed by atoms with Crippen LogP contribution in [0.5, 0.6) is 0 Å². The van der Waals surface area contributed by atoms with Gasteiger partial charge in [0.25, 0.3) is 0 Å². The molecule has 0 bridgehead atoms.